The third-order valence-electron chi connectivity index (χ3n) is 2.62. The highest BCUT2D eigenvalue weighted by Gasteiger charge is 2.06. The summed E-state index contributed by atoms with van der Waals surface area (Å²) in [7, 11) is 1.81. The van der Waals surface area contributed by atoms with Crippen LogP contribution in [0, 0.1) is 0 Å². The monoisotopic (exact) mass is 278 g/mol. The first kappa shape index (κ1) is 13.5. The molecule has 19 heavy (non-hydrogen) atoms. The highest BCUT2D eigenvalue weighted by Crippen LogP contribution is 2.07. The number of hydrogen-bond donors (Lipinski definition) is 1. The van der Waals surface area contributed by atoms with Crippen LogP contribution in [0.1, 0.15) is 21.7 Å². The molecule has 1 aromatic carbocycles. The average Bonchev–Trinajstić information content (AvgIpc) is 2.84. The number of hydrogen-bond acceptors (Lipinski definition) is 3. The summed E-state index contributed by atoms with van der Waals surface area (Å²) in [4.78, 5) is 16.0. The van der Waals surface area contributed by atoms with E-state index in [1.54, 1.807) is 23.1 Å². The number of rotatable bonds is 5. The summed E-state index contributed by atoms with van der Waals surface area (Å²) in [6.45, 7) is 0.508. The predicted octanol–water partition coefficient (Wildman–Crippen LogP) is 1.53. The van der Waals surface area contributed by atoms with Crippen molar-refractivity contribution in [3.05, 3.63) is 47.5 Å². The smallest absolute Gasteiger partial charge is 0.251 e. The van der Waals surface area contributed by atoms with Crippen molar-refractivity contribution >= 4 is 17.5 Å². The number of carbonyl (C=O) groups excluding carboxylic acids is 1. The molecular formula is C13H15ClN4O. The molecule has 1 amide bonds. The summed E-state index contributed by atoms with van der Waals surface area (Å²) in [6, 6.07) is 7.28. The molecule has 0 atom stereocenters. The lowest BCUT2D eigenvalue weighted by molar-refractivity contribution is 0.0954. The molecule has 0 bridgehead atoms. The van der Waals surface area contributed by atoms with Gasteiger partial charge in [0.1, 0.15) is 6.33 Å². The summed E-state index contributed by atoms with van der Waals surface area (Å²) in [5, 5.41) is 6.98. The minimum Gasteiger partial charge on any atom is -0.352 e. The van der Waals surface area contributed by atoms with Gasteiger partial charge in [-0.3, -0.25) is 9.48 Å². The Kier molecular flexibility index (Phi) is 4.52. The summed E-state index contributed by atoms with van der Waals surface area (Å²) < 4.78 is 1.64. The average molecular weight is 279 g/mol. The molecule has 0 radical (unpaired) electrons. The third-order valence-corrected chi connectivity index (χ3v) is 2.93. The van der Waals surface area contributed by atoms with Gasteiger partial charge in [0.25, 0.3) is 5.91 Å². The molecule has 6 heteroatoms. The largest absolute Gasteiger partial charge is 0.352 e. The molecule has 1 heterocycles. The summed E-state index contributed by atoms with van der Waals surface area (Å²) in [5.41, 5.74) is 1.55. The van der Waals surface area contributed by atoms with E-state index in [2.05, 4.69) is 15.4 Å². The van der Waals surface area contributed by atoms with Crippen molar-refractivity contribution in [3.63, 3.8) is 0 Å². The molecule has 0 aliphatic carbocycles. The number of benzene rings is 1. The number of carbonyl (C=O) groups is 1. The van der Waals surface area contributed by atoms with E-state index in [4.69, 9.17) is 11.6 Å². The second kappa shape index (κ2) is 6.33. The van der Waals surface area contributed by atoms with Crippen molar-refractivity contribution in [1.29, 1.82) is 0 Å². The molecule has 100 valence electrons. The Morgan fingerprint density at radius 3 is 3.00 bits per heavy atom. The Balaban J connectivity index is 1.87. The van der Waals surface area contributed by atoms with E-state index in [0.29, 0.717) is 24.4 Å². The fourth-order valence-electron chi connectivity index (χ4n) is 1.68. The van der Waals surface area contributed by atoms with Gasteiger partial charge in [-0.2, -0.15) is 5.10 Å². The van der Waals surface area contributed by atoms with Crippen LogP contribution in [0.4, 0.5) is 0 Å². The zero-order valence-electron chi connectivity index (χ0n) is 10.6. The fourth-order valence-corrected chi connectivity index (χ4v) is 1.85. The van der Waals surface area contributed by atoms with Gasteiger partial charge in [0.15, 0.2) is 5.82 Å². The van der Waals surface area contributed by atoms with Gasteiger partial charge >= 0.3 is 0 Å². The van der Waals surface area contributed by atoms with Crippen LogP contribution in [0.15, 0.2) is 30.6 Å². The van der Waals surface area contributed by atoms with Gasteiger partial charge in [-0.05, 0) is 17.7 Å². The number of aryl methyl sites for hydroxylation is 1. The number of aromatic nitrogens is 3. The number of halogens is 1. The quantitative estimate of drug-likeness (QED) is 0.844. The maximum absolute atomic E-state index is 11.9. The Labute approximate surface area is 116 Å². The van der Waals surface area contributed by atoms with E-state index < -0.39 is 0 Å². The summed E-state index contributed by atoms with van der Waals surface area (Å²) in [6.07, 6.45) is 2.25. The first-order valence-electron chi connectivity index (χ1n) is 5.96. The first-order chi connectivity index (χ1) is 9.19. The molecule has 0 unspecified atom stereocenters. The van der Waals surface area contributed by atoms with Crippen molar-refractivity contribution < 1.29 is 4.79 Å². The van der Waals surface area contributed by atoms with Crippen molar-refractivity contribution in [3.8, 4) is 0 Å². The van der Waals surface area contributed by atoms with Gasteiger partial charge in [-0.15, -0.1) is 11.6 Å². The van der Waals surface area contributed by atoms with Crippen LogP contribution in [0.3, 0.4) is 0 Å². The van der Waals surface area contributed by atoms with E-state index >= 15 is 0 Å². The lowest BCUT2D eigenvalue weighted by Gasteiger charge is -2.05. The Morgan fingerprint density at radius 2 is 2.32 bits per heavy atom. The molecule has 0 saturated heterocycles. The number of nitrogens with zero attached hydrogens (tertiary/aromatic N) is 3. The Bertz CT molecular complexity index is 567. The van der Waals surface area contributed by atoms with Gasteiger partial charge < -0.3 is 5.32 Å². The number of amides is 1. The van der Waals surface area contributed by atoms with Crippen LogP contribution in [0.25, 0.3) is 0 Å². The SMILES string of the molecule is Cn1cnc(CCNC(=O)c2cccc(CCl)c2)n1. The van der Waals surface area contributed by atoms with E-state index in [1.165, 1.54) is 0 Å². The number of nitrogens with one attached hydrogen (secondary N) is 1. The zero-order chi connectivity index (χ0) is 13.7. The summed E-state index contributed by atoms with van der Waals surface area (Å²) >= 11 is 5.74. The van der Waals surface area contributed by atoms with Crippen molar-refractivity contribution in [2.24, 2.45) is 7.05 Å². The van der Waals surface area contributed by atoms with Crippen LogP contribution in [-0.4, -0.2) is 27.2 Å². The van der Waals surface area contributed by atoms with Crippen LogP contribution in [-0.2, 0) is 19.3 Å². The first-order valence-corrected chi connectivity index (χ1v) is 6.50. The maximum atomic E-state index is 11.9. The highest BCUT2D eigenvalue weighted by atomic mass is 35.5. The standard InChI is InChI=1S/C13H15ClN4O/c1-18-9-16-12(17-18)5-6-15-13(19)11-4-2-3-10(7-11)8-14/h2-4,7,9H,5-6,8H2,1H3,(H,15,19). The van der Waals surface area contributed by atoms with E-state index in [1.807, 2.05) is 19.2 Å². The van der Waals surface area contributed by atoms with Gasteiger partial charge in [0.2, 0.25) is 0 Å². The topological polar surface area (TPSA) is 59.8 Å². The van der Waals surface area contributed by atoms with Crippen molar-refractivity contribution in [2.45, 2.75) is 12.3 Å². The molecule has 1 N–H and O–H groups in total. The van der Waals surface area contributed by atoms with E-state index in [-0.39, 0.29) is 5.91 Å². The molecule has 0 spiro atoms. The van der Waals surface area contributed by atoms with Crippen molar-refractivity contribution in [2.75, 3.05) is 6.54 Å². The molecule has 0 saturated carbocycles. The van der Waals surface area contributed by atoms with Gasteiger partial charge in [-0.25, -0.2) is 4.98 Å². The Morgan fingerprint density at radius 1 is 1.47 bits per heavy atom. The molecule has 0 aliphatic rings. The molecule has 1 aromatic heterocycles. The third kappa shape index (κ3) is 3.79. The molecule has 0 fully saturated rings. The molecular weight excluding hydrogens is 264 g/mol. The minimum absolute atomic E-state index is 0.108. The Hall–Kier alpha value is -1.88. The maximum Gasteiger partial charge on any atom is 0.251 e. The molecule has 5 nitrogen and oxygen atoms in total. The number of alkyl halides is 1. The normalized spacial score (nSPS) is 10.4. The van der Waals surface area contributed by atoms with Crippen LogP contribution >= 0.6 is 11.6 Å². The zero-order valence-corrected chi connectivity index (χ0v) is 11.4. The highest BCUT2D eigenvalue weighted by molar-refractivity contribution is 6.17. The lowest BCUT2D eigenvalue weighted by Crippen LogP contribution is -2.26. The van der Waals surface area contributed by atoms with E-state index in [0.717, 1.165) is 11.4 Å². The lowest BCUT2D eigenvalue weighted by atomic mass is 10.1. The van der Waals surface area contributed by atoms with Crippen molar-refractivity contribution in [1.82, 2.24) is 20.1 Å². The summed E-state index contributed by atoms with van der Waals surface area (Å²) in [5.74, 6) is 1.01. The predicted molar refractivity (Wildman–Crippen MR) is 73.0 cm³/mol. The molecule has 2 aromatic rings. The van der Waals surface area contributed by atoms with Crippen LogP contribution in [0.2, 0.25) is 0 Å². The second-order valence-corrected chi connectivity index (χ2v) is 4.44. The van der Waals surface area contributed by atoms with Gasteiger partial charge in [0.05, 0.1) is 0 Å². The van der Waals surface area contributed by atoms with E-state index in [9.17, 15) is 4.79 Å². The fraction of sp³-hybridized carbons (Fsp3) is 0.308. The second-order valence-electron chi connectivity index (χ2n) is 4.17. The van der Waals surface area contributed by atoms with Gasteiger partial charge in [0, 0.05) is 31.5 Å². The minimum atomic E-state index is -0.108. The van der Waals surface area contributed by atoms with Crippen LogP contribution in [0.5, 0.6) is 0 Å². The molecule has 0 aliphatic heterocycles. The van der Waals surface area contributed by atoms with Crippen LogP contribution < -0.4 is 5.32 Å². The molecule has 2 rings (SSSR count). The van der Waals surface area contributed by atoms with Gasteiger partial charge in [-0.1, -0.05) is 12.1 Å².